The van der Waals surface area contributed by atoms with Crippen molar-refractivity contribution >= 4 is 29.0 Å². The molecule has 0 saturated carbocycles. The Morgan fingerprint density at radius 3 is 2.77 bits per heavy atom. The van der Waals surface area contributed by atoms with E-state index in [0.29, 0.717) is 55.4 Å². The van der Waals surface area contributed by atoms with E-state index in [-0.39, 0.29) is 22.8 Å². The number of amides is 1. The number of ether oxygens (including phenoxy) is 1. The van der Waals surface area contributed by atoms with Gasteiger partial charge in [0.2, 0.25) is 11.2 Å². The molecule has 3 N–H and O–H groups in total. The van der Waals surface area contributed by atoms with Crippen molar-refractivity contribution in [2.45, 2.75) is 38.7 Å². The van der Waals surface area contributed by atoms with Crippen LogP contribution in [0.15, 0.2) is 18.2 Å². The van der Waals surface area contributed by atoms with Gasteiger partial charge >= 0.3 is 6.18 Å². The second-order valence-corrected chi connectivity index (χ2v) is 8.11. The number of aromatic nitrogens is 2. The highest BCUT2D eigenvalue weighted by molar-refractivity contribution is 6.28. The molecule has 1 amide bonds. The third-order valence-corrected chi connectivity index (χ3v) is 5.67. The van der Waals surface area contributed by atoms with Crippen LogP contribution in [0.5, 0.6) is 0 Å². The molecule has 2 aliphatic heterocycles. The van der Waals surface area contributed by atoms with Gasteiger partial charge < -0.3 is 20.7 Å². The maximum atomic E-state index is 13.2. The van der Waals surface area contributed by atoms with Crippen molar-refractivity contribution in [1.82, 2.24) is 14.9 Å². The average Bonchev–Trinajstić information content (AvgIpc) is 3.36. The monoisotopic (exact) mass is 455 g/mol. The maximum Gasteiger partial charge on any atom is 0.416 e. The number of nitrogens with one attached hydrogen (secondary N) is 1. The first-order chi connectivity index (χ1) is 14.6. The lowest BCUT2D eigenvalue weighted by molar-refractivity contribution is -0.137. The average molecular weight is 456 g/mol. The highest BCUT2D eigenvalue weighted by Crippen LogP contribution is 2.35. The number of fused-ring (bicyclic) bond motifs is 1. The molecule has 1 aromatic carbocycles. The maximum absolute atomic E-state index is 13.2. The van der Waals surface area contributed by atoms with Gasteiger partial charge in [0.25, 0.3) is 0 Å². The van der Waals surface area contributed by atoms with Crippen LogP contribution in [0, 0.1) is 5.92 Å². The second kappa shape index (κ2) is 8.16. The van der Waals surface area contributed by atoms with E-state index < -0.39 is 17.8 Å². The lowest BCUT2D eigenvalue weighted by Crippen LogP contribution is -2.32. The number of benzene rings is 1. The second-order valence-electron chi connectivity index (χ2n) is 7.77. The number of nitrogen functional groups attached to an aromatic ring is 1. The summed E-state index contributed by atoms with van der Waals surface area (Å²) in [5.74, 6) is 0.189. The normalized spacial score (nSPS) is 19.4. The van der Waals surface area contributed by atoms with Crippen LogP contribution < -0.4 is 11.1 Å². The van der Waals surface area contributed by atoms with Gasteiger partial charge in [0.1, 0.15) is 5.82 Å². The zero-order chi connectivity index (χ0) is 22.3. The van der Waals surface area contributed by atoms with Crippen LogP contribution in [-0.2, 0) is 28.8 Å². The molecule has 7 nitrogen and oxygen atoms in total. The van der Waals surface area contributed by atoms with E-state index in [1.807, 2.05) is 0 Å². The number of carbonyl (C=O) groups excluding carboxylic acids is 1. The minimum Gasteiger partial charge on any atom is -0.399 e. The lowest BCUT2D eigenvalue weighted by Gasteiger charge is -2.20. The van der Waals surface area contributed by atoms with Crippen LogP contribution in [0.1, 0.15) is 41.8 Å². The number of nitrogens with zero attached hydrogens (tertiary/aromatic N) is 3. The van der Waals surface area contributed by atoms with Gasteiger partial charge in [-0.15, -0.1) is 0 Å². The summed E-state index contributed by atoms with van der Waals surface area (Å²) in [6.07, 6.45) is -3.83. The summed E-state index contributed by atoms with van der Waals surface area (Å²) in [7, 11) is 0. The van der Waals surface area contributed by atoms with E-state index in [1.165, 1.54) is 6.07 Å². The van der Waals surface area contributed by atoms with Crippen molar-refractivity contribution in [1.29, 1.82) is 0 Å². The number of halogens is 4. The number of carbonyl (C=O) groups is 1. The third kappa shape index (κ3) is 4.54. The van der Waals surface area contributed by atoms with Crippen molar-refractivity contribution in [2.75, 3.05) is 24.3 Å². The molecule has 11 heteroatoms. The molecule has 2 aliphatic rings. The molecule has 0 radical (unpaired) electrons. The Hall–Kier alpha value is -2.59. The quantitative estimate of drug-likeness (QED) is 0.538. The number of alkyl halides is 3. The van der Waals surface area contributed by atoms with Gasteiger partial charge in [-0.2, -0.15) is 13.2 Å². The van der Waals surface area contributed by atoms with Crippen LogP contribution >= 0.6 is 11.6 Å². The molecule has 1 aromatic heterocycles. The summed E-state index contributed by atoms with van der Waals surface area (Å²) in [5.41, 5.74) is 6.54. The van der Waals surface area contributed by atoms with Crippen molar-refractivity contribution in [3.63, 3.8) is 0 Å². The van der Waals surface area contributed by atoms with Crippen LogP contribution in [0.4, 0.5) is 24.7 Å². The van der Waals surface area contributed by atoms with Crippen LogP contribution in [0.3, 0.4) is 0 Å². The Kier molecular flexibility index (Phi) is 5.69. The molecule has 1 saturated heterocycles. The first-order valence-corrected chi connectivity index (χ1v) is 10.2. The van der Waals surface area contributed by atoms with Gasteiger partial charge in [0.15, 0.2) is 0 Å². The van der Waals surface area contributed by atoms with E-state index in [1.54, 1.807) is 11.8 Å². The summed E-state index contributed by atoms with van der Waals surface area (Å²) in [5, 5.41) is 3.11. The zero-order valence-corrected chi connectivity index (χ0v) is 17.4. The number of hydrogen-bond acceptors (Lipinski definition) is 6. The Balaban J connectivity index is 1.57. The minimum absolute atomic E-state index is 0.00416. The fourth-order valence-corrected chi connectivity index (χ4v) is 4.05. The van der Waals surface area contributed by atoms with E-state index in [9.17, 15) is 18.0 Å². The molecule has 3 heterocycles. The van der Waals surface area contributed by atoms with Crippen molar-refractivity contribution in [3.8, 4) is 0 Å². The van der Waals surface area contributed by atoms with Gasteiger partial charge in [-0.1, -0.05) is 0 Å². The molecular formula is C20H21ClF3N5O2. The SMILES string of the molecule is C[C@@H](Nc1nc(Cl)nc2c1CN(C(=O)C1CCOC1)C2)c1cc(N)cc(C(F)(F)F)c1. The van der Waals surface area contributed by atoms with Crippen molar-refractivity contribution < 1.29 is 22.7 Å². The third-order valence-electron chi connectivity index (χ3n) is 5.50. The zero-order valence-electron chi connectivity index (χ0n) is 16.7. The molecule has 1 fully saturated rings. The predicted molar refractivity (Wildman–Crippen MR) is 108 cm³/mol. The summed E-state index contributed by atoms with van der Waals surface area (Å²) < 4.78 is 44.8. The summed E-state index contributed by atoms with van der Waals surface area (Å²) in [6.45, 7) is 3.25. The molecule has 2 atom stereocenters. The predicted octanol–water partition coefficient (Wildman–Crippen LogP) is 3.78. The molecule has 0 aliphatic carbocycles. The largest absolute Gasteiger partial charge is 0.416 e. The number of anilines is 2. The lowest BCUT2D eigenvalue weighted by atomic mass is 10.0. The Labute approximate surface area is 181 Å². The molecule has 31 heavy (non-hydrogen) atoms. The molecule has 0 spiro atoms. The van der Waals surface area contributed by atoms with E-state index in [0.717, 1.165) is 12.1 Å². The fourth-order valence-electron chi connectivity index (χ4n) is 3.87. The first-order valence-electron chi connectivity index (χ1n) is 9.78. The molecule has 4 rings (SSSR count). The van der Waals surface area contributed by atoms with E-state index >= 15 is 0 Å². The highest BCUT2D eigenvalue weighted by Gasteiger charge is 2.35. The van der Waals surface area contributed by atoms with Crippen molar-refractivity contribution in [3.05, 3.63) is 45.9 Å². The molecular weight excluding hydrogens is 435 g/mol. The van der Waals surface area contributed by atoms with Gasteiger partial charge in [0.05, 0.1) is 42.9 Å². The summed E-state index contributed by atoms with van der Waals surface area (Å²) in [6, 6.07) is 2.87. The minimum atomic E-state index is -4.51. The standard InChI is InChI=1S/C20H21ClF3N5O2/c1-10(12-4-13(20(22,23)24)6-14(25)5-12)26-17-15-7-29(8-16(15)27-19(21)28-17)18(30)11-2-3-31-9-11/h4-6,10-11H,2-3,7-9,25H2,1H3,(H,26,27,28)/t10-,11?/m1/s1. The number of nitrogens with two attached hydrogens (primary N) is 1. The molecule has 0 bridgehead atoms. The van der Waals surface area contributed by atoms with Gasteiger partial charge in [-0.05, 0) is 48.7 Å². The van der Waals surface area contributed by atoms with Gasteiger partial charge in [-0.3, -0.25) is 4.79 Å². The summed E-state index contributed by atoms with van der Waals surface area (Å²) >= 11 is 6.07. The van der Waals surface area contributed by atoms with E-state index in [4.69, 9.17) is 22.1 Å². The summed E-state index contributed by atoms with van der Waals surface area (Å²) in [4.78, 5) is 22.9. The highest BCUT2D eigenvalue weighted by atomic mass is 35.5. The Morgan fingerprint density at radius 1 is 1.32 bits per heavy atom. The Bertz CT molecular complexity index is 1010. The Morgan fingerprint density at radius 2 is 2.10 bits per heavy atom. The molecule has 1 unspecified atom stereocenters. The van der Waals surface area contributed by atoms with Crippen LogP contribution in [-0.4, -0.2) is 34.0 Å². The number of rotatable bonds is 4. The van der Waals surface area contributed by atoms with Crippen LogP contribution in [0.2, 0.25) is 5.28 Å². The van der Waals surface area contributed by atoms with E-state index in [2.05, 4.69) is 15.3 Å². The first kappa shape index (κ1) is 21.6. The topological polar surface area (TPSA) is 93.4 Å². The van der Waals surface area contributed by atoms with Gasteiger partial charge in [-0.25, -0.2) is 9.97 Å². The van der Waals surface area contributed by atoms with Crippen molar-refractivity contribution in [2.24, 2.45) is 5.92 Å². The molecule has 166 valence electrons. The molecule has 2 aromatic rings. The smallest absolute Gasteiger partial charge is 0.399 e. The van der Waals surface area contributed by atoms with Crippen LogP contribution in [0.25, 0.3) is 0 Å². The number of hydrogen-bond donors (Lipinski definition) is 2. The van der Waals surface area contributed by atoms with Gasteiger partial charge in [0, 0.05) is 17.9 Å². The fraction of sp³-hybridized carbons (Fsp3) is 0.450.